The van der Waals surface area contributed by atoms with E-state index in [9.17, 15) is 4.79 Å². The van der Waals surface area contributed by atoms with Crippen LogP contribution in [0.4, 0.5) is 0 Å². The second-order valence-electron chi connectivity index (χ2n) is 5.18. The predicted octanol–water partition coefficient (Wildman–Crippen LogP) is 4.13. The van der Waals surface area contributed by atoms with Gasteiger partial charge in [-0.3, -0.25) is 4.79 Å². The van der Waals surface area contributed by atoms with Crippen LogP contribution in [0.2, 0.25) is 0 Å². The predicted molar refractivity (Wildman–Crippen MR) is 77.7 cm³/mol. The molecule has 1 unspecified atom stereocenters. The molecular formula is C17H22O2. The number of carbonyl (C=O) groups is 1. The summed E-state index contributed by atoms with van der Waals surface area (Å²) in [7, 11) is 0. The quantitative estimate of drug-likeness (QED) is 0.762. The summed E-state index contributed by atoms with van der Waals surface area (Å²) < 4.78 is 5.19. The molecule has 0 aliphatic heterocycles. The third kappa shape index (κ3) is 3.69. The lowest BCUT2D eigenvalue weighted by Gasteiger charge is -2.23. The minimum Gasteiger partial charge on any atom is -0.466 e. The van der Waals surface area contributed by atoms with Crippen LogP contribution in [-0.2, 0) is 9.53 Å². The molecule has 2 nitrogen and oxygen atoms in total. The van der Waals surface area contributed by atoms with E-state index >= 15 is 0 Å². The molecular weight excluding hydrogens is 236 g/mol. The average molecular weight is 258 g/mol. The Morgan fingerprint density at radius 3 is 2.74 bits per heavy atom. The highest BCUT2D eigenvalue weighted by atomic mass is 16.5. The number of benzene rings is 1. The molecule has 0 aromatic heterocycles. The van der Waals surface area contributed by atoms with E-state index in [1.165, 1.54) is 23.1 Å². The van der Waals surface area contributed by atoms with Gasteiger partial charge in [0.2, 0.25) is 0 Å². The Kier molecular flexibility index (Phi) is 4.78. The highest BCUT2D eigenvalue weighted by molar-refractivity contribution is 5.78. The van der Waals surface area contributed by atoms with E-state index in [4.69, 9.17) is 4.74 Å². The molecule has 0 radical (unpaired) electrons. The van der Waals surface area contributed by atoms with Crippen molar-refractivity contribution in [2.24, 2.45) is 5.92 Å². The summed E-state index contributed by atoms with van der Waals surface area (Å²) >= 11 is 0. The molecule has 0 heterocycles. The maximum Gasteiger partial charge on any atom is 0.313 e. The molecule has 1 atom stereocenters. The highest BCUT2D eigenvalue weighted by Crippen LogP contribution is 2.32. The van der Waals surface area contributed by atoms with Crippen molar-refractivity contribution in [3.05, 3.63) is 41.0 Å². The zero-order chi connectivity index (χ0) is 13.7. The van der Waals surface area contributed by atoms with Gasteiger partial charge in [-0.2, -0.15) is 0 Å². The summed E-state index contributed by atoms with van der Waals surface area (Å²) in [6.45, 7) is 4.41. The number of esters is 1. The van der Waals surface area contributed by atoms with Crippen molar-refractivity contribution in [2.45, 2.75) is 39.5 Å². The smallest absolute Gasteiger partial charge is 0.313 e. The van der Waals surface area contributed by atoms with Gasteiger partial charge in [0.25, 0.3) is 0 Å². The van der Waals surface area contributed by atoms with Crippen LogP contribution >= 0.6 is 0 Å². The summed E-state index contributed by atoms with van der Waals surface area (Å²) in [4.78, 5) is 12.0. The third-order valence-electron chi connectivity index (χ3n) is 3.66. The van der Waals surface area contributed by atoms with Crippen LogP contribution in [0.5, 0.6) is 0 Å². The molecule has 1 fully saturated rings. The molecule has 19 heavy (non-hydrogen) atoms. The van der Waals surface area contributed by atoms with Crippen LogP contribution in [0, 0.1) is 12.8 Å². The largest absolute Gasteiger partial charge is 0.466 e. The van der Waals surface area contributed by atoms with Gasteiger partial charge in [0, 0.05) is 0 Å². The van der Waals surface area contributed by atoms with E-state index in [0.717, 1.165) is 19.3 Å². The van der Waals surface area contributed by atoms with Crippen LogP contribution in [0.15, 0.2) is 29.8 Å². The minimum absolute atomic E-state index is 0.0324. The van der Waals surface area contributed by atoms with E-state index in [-0.39, 0.29) is 11.9 Å². The van der Waals surface area contributed by atoms with Crippen molar-refractivity contribution in [3.63, 3.8) is 0 Å². The number of ether oxygens (including phenoxy) is 1. The molecule has 2 rings (SSSR count). The van der Waals surface area contributed by atoms with Gasteiger partial charge in [0.05, 0.1) is 12.5 Å². The summed E-state index contributed by atoms with van der Waals surface area (Å²) in [5.74, 6) is -0.0874. The molecule has 0 bridgehead atoms. The molecule has 1 saturated carbocycles. The monoisotopic (exact) mass is 258 g/mol. The summed E-state index contributed by atoms with van der Waals surface area (Å²) in [6, 6.07) is 8.43. The molecule has 0 N–H and O–H groups in total. The van der Waals surface area contributed by atoms with Crippen LogP contribution in [-0.4, -0.2) is 12.6 Å². The van der Waals surface area contributed by atoms with E-state index in [1.807, 2.05) is 6.92 Å². The summed E-state index contributed by atoms with van der Waals surface area (Å²) in [6.07, 6.45) is 6.40. The van der Waals surface area contributed by atoms with Crippen LogP contribution < -0.4 is 0 Å². The Morgan fingerprint density at radius 2 is 2.05 bits per heavy atom. The average Bonchev–Trinajstić information content (AvgIpc) is 2.42. The fourth-order valence-corrected chi connectivity index (χ4v) is 2.60. The molecule has 0 amide bonds. The van der Waals surface area contributed by atoms with Crippen molar-refractivity contribution >= 4 is 12.0 Å². The fraction of sp³-hybridized carbons (Fsp3) is 0.471. The van der Waals surface area contributed by atoms with E-state index in [2.05, 4.69) is 37.3 Å². The lowest BCUT2D eigenvalue weighted by atomic mass is 9.83. The van der Waals surface area contributed by atoms with Crippen LogP contribution in [0.1, 0.15) is 43.7 Å². The Labute approximate surface area is 115 Å². The van der Waals surface area contributed by atoms with Crippen LogP contribution in [0.25, 0.3) is 6.08 Å². The van der Waals surface area contributed by atoms with Gasteiger partial charge >= 0.3 is 5.97 Å². The lowest BCUT2D eigenvalue weighted by Crippen LogP contribution is -2.22. The van der Waals surface area contributed by atoms with Crippen LogP contribution in [0.3, 0.4) is 0 Å². The lowest BCUT2D eigenvalue weighted by molar-refractivity contribution is -0.147. The number of hydrogen-bond acceptors (Lipinski definition) is 2. The van der Waals surface area contributed by atoms with E-state index in [1.54, 1.807) is 0 Å². The first-order valence-corrected chi connectivity index (χ1v) is 7.14. The van der Waals surface area contributed by atoms with Gasteiger partial charge in [-0.05, 0) is 38.7 Å². The first-order valence-electron chi connectivity index (χ1n) is 7.14. The standard InChI is InChI=1S/C17H22O2/c1-3-19-17(18)16-7-5-4-6-15(16)12-14-10-8-13(2)9-11-14/h8-12,16H,3-7H2,1-2H3/b15-12+. The maximum atomic E-state index is 12.0. The molecule has 0 spiro atoms. The zero-order valence-electron chi connectivity index (χ0n) is 11.8. The number of aryl methyl sites for hydroxylation is 1. The van der Waals surface area contributed by atoms with Gasteiger partial charge < -0.3 is 4.74 Å². The van der Waals surface area contributed by atoms with Gasteiger partial charge in [0.1, 0.15) is 0 Å². The maximum absolute atomic E-state index is 12.0. The summed E-state index contributed by atoms with van der Waals surface area (Å²) in [5, 5.41) is 0. The first-order chi connectivity index (χ1) is 9.20. The van der Waals surface area contributed by atoms with E-state index < -0.39 is 0 Å². The summed E-state index contributed by atoms with van der Waals surface area (Å²) in [5.41, 5.74) is 3.66. The molecule has 1 aliphatic rings. The number of hydrogen-bond donors (Lipinski definition) is 0. The molecule has 102 valence electrons. The minimum atomic E-state index is -0.0550. The van der Waals surface area contributed by atoms with Gasteiger partial charge in [-0.25, -0.2) is 0 Å². The molecule has 2 heteroatoms. The SMILES string of the molecule is CCOC(=O)C1CCCC/C1=C\c1ccc(C)cc1. The van der Waals surface area contributed by atoms with E-state index in [0.29, 0.717) is 6.61 Å². The van der Waals surface area contributed by atoms with Gasteiger partial charge in [0.15, 0.2) is 0 Å². The Bertz CT molecular complexity index is 457. The van der Waals surface area contributed by atoms with Crippen molar-refractivity contribution < 1.29 is 9.53 Å². The van der Waals surface area contributed by atoms with Crippen molar-refractivity contribution in [1.82, 2.24) is 0 Å². The fourth-order valence-electron chi connectivity index (χ4n) is 2.60. The van der Waals surface area contributed by atoms with Crippen molar-refractivity contribution in [1.29, 1.82) is 0 Å². The Balaban J connectivity index is 2.18. The number of rotatable bonds is 3. The first kappa shape index (κ1) is 13.9. The molecule has 1 aromatic carbocycles. The molecule has 0 saturated heterocycles. The molecule has 1 aliphatic carbocycles. The highest BCUT2D eigenvalue weighted by Gasteiger charge is 2.26. The van der Waals surface area contributed by atoms with Crippen molar-refractivity contribution in [2.75, 3.05) is 6.61 Å². The zero-order valence-corrected chi connectivity index (χ0v) is 11.8. The van der Waals surface area contributed by atoms with Crippen molar-refractivity contribution in [3.8, 4) is 0 Å². The number of carbonyl (C=O) groups excluding carboxylic acids is 1. The molecule has 1 aromatic rings. The van der Waals surface area contributed by atoms with Gasteiger partial charge in [-0.1, -0.05) is 47.9 Å². The second-order valence-corrected chi connectivity index (χ2v) is 5.18. The Hall–Kier alpha value is -1.57. The topological polar surface area (TPSA) is 26.3 Å². The normalized spacial score (nSPS) is 21.4. The second kappa shape index (κ2) is 6.55. The third-order valence-corrected chi connectivity index (χ3v) is 3.66. The Morgan fingerprint density at radius 1 is 1.32 bits per heavy atom. The van der Waals surface area contributed by atoms with Gasteiger partial charge in [-0.15, -0.1) is 0 Å².